The number of amides is 2. The third kappa shape index (κ3) is 4.69. The van der Waals surface area contributed by atoms with E-state index in [1.807, 2.05) is 82.6 Å². The Morgan fingerprint density at radius 1 is 1.00 bits per heavy atom. The number of unbranched alkanes of at least 4 members (excludes halogenated alkanes) is 1. The van der Waals surface area contributed by atoms with E-state index in [1.165, 1.54) is 0 Å². The van der Waals surface area contributed by atoms with Crippen LogP contribution in [0.25, 0.3) is 0 Å². The molecule has 3 aromatic carbocycles. The van der Waals surface area contributed by atoms with Gasteiger partial charge in [0.05, 0.1) is 13.2 Å². The first-order valence-corrected chi connectivity index (χ1v) is 12.0. The zero-order valence-electron chi connectivity index (χ0n) is 20.1. The lowest BCUT2D eigenvalue weighted by Gasteiger charge is -2.43. The molecular formula is C29H32N2O3. The van der Waals surface area contributed by atoms with Gasteiger partial charge in [-0.25, -0.2) is 0 Å². The zero-order chi connectivity index (χ0) is 24.1. The van der Waals surface area contributed by atoms with E-state index in [4.69, 9.17) is 4.74 Å². The summed E-state index contributed by atoms with van der Waals surface area (Å²) in [5.74, 6) is 0.701. The van der Waals surface area contributed by atoms with Crippen molar-refractivity contribution in [1.29, 1.82) is 0 Å². The van der Waals surface area contributed by atoms with Crippen molar-refractivity contribution in [2.45, 2.75) is 51.6 Å². The molecule has 34 heavy (non-hydrogen) atoms. The van der Waals surface area contributed by atoms with Crippen LogP contribution in [0.2, 0.25) is 0 Å². The predicted octanol–water partition coefficient (Wildman–Crippen LogP) is 6.40. The smallest absolute Gasteiger partial charge is 0.258 e. The van der Waals surface area contributed by atoms with Crippen LogP contribution >= 0.6 is 0 Å². The summed E-state index contributed by atoms with van der Waals surface area (Å²) in [5, 5.41) is 0. The molecule has 1 aliphatic heterocycles. The van der Waals surface area contributed by atoms with E-state index in [9.17, 15) is 9.59 Å². The third-order valence-corrected chi connectivity index (χ3v) is 6.45. The molecule has 1 aliphatic rings. The highest BCUT2D eigenvalue weighted by Gasteiger charge is 2.38. The quantitative estimate of drug-likeness (QED) is 0.413. The minimum absolute atomic E-state index is 0.0686. The van der Waals surface area contributed by atoms with Crippen LogP contribution in [0.3, 0.4) is 0 Å². The number of nitrogens with zero attached hydrogens (tertiary/aromatic N) is 2. The van der Waals surface area contributed by atoms with Gasteiger partial charge in [0, 0.05) is 29.4 Å². The Morgan fingerprint density at radius 3 is 2.47 bits per heavy atom. The summed E-state index contributed by atoms with van der Waals surface area (Å²) in [6, 6.07) is 24.8. The number of ether oxygens (including phenoxy) is 1. The summed E-state index contributed by atoms with van der Waals surface area (Å²) in [5.41, 5.74) is 3.32. The second-order valence-corrected chi connectivity index (χ2v) is 8.77. The van der Waals surface area contributed by atoms with Crippen LogP contribution in [0.5, 0.6) is 5.75 Å². The van der Waals surface area contributed by atoms with Gasteiger partial charge in [0.1, 0.15) is 5.75 Å². The van der Waals surface area contributed by atoms with Crippen molar-refractivity contribution in [3.8, 4) is 5.75 Å². The van der Waals surface area contributed by atoms with Crippen molar-refractivity contribution in [3.63, 3.8) is 0 Å². The van der Waals surface area contributed by atoms with Crippen LogP contribution in [0.1, 0.15) is 61.5 Å². The predicted molar refractivity (Wildman–Crippen MR) is 137 cm³/mol. The van der Waals surface area contributed by atoms with Crippen LogP contribution in [-0.2, 0) is 4.79 Å². The zero-order valence-corrected chi connectivity index (χ0v) is 20.1. The molecule has 4 rings (SSSR count). The van der Waals surface area contributed by atoms with Gasteiger partial charge in [-0.15, -0.1) is 0 Å². The number of rotatable bonds is 7. The van der Waals surface area contributed by atoms with Crippen LogP contribution < -0.4 is 14.5 Å². The summed E-state index contributed by atoms with van der Waals surface area (Å²) in [7, 11) is 1.60. The maximum Gasteiger partial charge on any atom is 0.258 e. The maximum absolute atomic E-state index is 13.7. The summed E-state index contributed by atoms with van der Waals surface area (Å²) in [6.45, 7) is 4.15. The molecule has 2 atom stereocenters. The maximum atomic E-state index is 13.7. The molecule has 0 fully saturated rings. The minimum atomic E-state index is -0.146. The first-order valence-electron chi connectivity index (χ1n) is 12.0. The normalized spacial score (nSPS) is 17.1. The molecule has 0 bridgehead atoms. The molecule has 5 nitrogen and oxygen atoms in total. The number of fused-ring (bicyclic) bond motifs is 1. The topological polar surface area (TPSA) is 49.9 Å². The van der Waals surface area contributed by atoms with Gasteiger partial charge in [0.25, 0.3) is 5.91 Å². The minimum Gasteiger partial charge on any atom is -0.497 e. The van der Waals surface area contributed by atoms with E-state index < -0.39 is 0 Å². The first kappa shape index (κ1) is 23.6. The van der Waals surface area contributed by atoms with Gasteiger partial charge in [-0.2, -0.15) is 0 Å². The van der Waals surface area contributed by atoms with Crippen molar-refractivity contribution in [3.05, 3.63) is 90.0 Å². The average Bonchev–Trinajstić information content (AvgIpc) is 2.88. The Labute approximate surface area is 202 Å². The SMILES string of the molecule is CCCCC(=O)N(c1ccccc1)[C@@H]1C[C@@H](C)N(C(=O)c2cccc(OC)c2)c2ccccc21. The molecule has 0 spiro atoms. The lowest BCUT2D eigenvalue weighted by molar-refractivity contribution is -0.119. The average molecular weight is 457 g/mol. The second kappa shape index (κ2) is 10.6. The fourth-order valence-electron chi connectivity index (χ4n) is 4.77. The van der Waals surface area contributed by atoms with E-state index >= 15 is 0 Å². The number of hydrogen-bond acceptors (Lipinski definition) is 3. The lowest BCUT2D eigenvalue weighted by Crippen LogP contribution is -2.47. The van der Waals surface area contributed by atoms with Gasteiger partial charge in [0.2, 0.25) is 5.91 Å². The van der Waals surface area contributed by atoms with Gasteiger partial charge in [-0.05, 0) is 61.7 Å². The number of benzene rings is 3. The van der Waals surface area contributed by atoms with E-state index in [0.717, 1.165) is 29.8 Å². The number of methoxy groups -OCH3 is 1. The molecule has 0 saturated carbocycles. The molecule has 3 aromatic rings. The van der Waals surface area contributed by atoms with Crippen LogP contribution in [0.15, 0.2) is 78.9 Å². The number of para-hydroxylation sites is 2. The van der Waals surface area contributed by atoms with Crippen molar-refractivity contribution in [2.75, 3.05) is 16.9 Å². The highest BCUT2D eigenvalue weighted by molar-refractivity contribution is 6.08. The molecule has 5 heteroatoms. The Kier molecular flexibility index (Phi) is 7.31. The lowest BCUT2D eigenvalue weighted by atomic mass is 9.89. The molecule has 0 N–H and O–H groups in total. The summed E-state index contributed by atoms with van der Waals surface area (Å²) >= 11 is 0. The third-order valence-electron chi connectivity index (χ3n) is 6.45. The molecule has 0 saturated heterocycles. The van der Waals surface area contributed by atoms with Crippen molar-refractivity contribution >= 4 is 23.2 Å². The Bertz CT molecular complexity index is 1140. The standard InChI is InChI=1S/C29H32N2O3/c1-4-5-18-28(32)31(23-13-7-6-8-14-23)27-19-21(2)30(26-17-10-9-16-25(26)27)29(33)22-12-11-15-24(20-22)34-3/h6-17,20-21,27H,4-5,18-19H2,1-3H3/t21-,27-/m1/s1. The molecule has 0 aromatic heterocycles. The van der Waals surface area contributed by atoms with Crippen LogP contribution in [-0.4, -0.2) is 25.0 Å². The molecular weight excluding hydrogens is 424 g/mol. The van der Waals surface area contributed by atoms with Gasteiger partial charge in [0.15, 0.2) is 0 Å². The summed E-state index contributed by atoms with van der Waals surface area (Å²) in [4.78, 5) is 30.9. The van der Waals surface area contributed by atoms with E-state index in [1.54, 1.807) is 13.2 Å². The highest BCUT2D eigenvalue weighted by atomic mass is 16.5. The molecule has 0 aliphatic carbocycles. The van der Waals surface area contributed by atoms with Crippen LogP contribution in [0, 0.1) is 0 Å². The van der Waals surface area contributed by atoms with Gasteiger partial charge in [-0.1, -0.05) is 55.8 Å². The van der Waals surface area contributed by atoms with E-state index in [-0.39, 0.29) is 23.9 Å². The molecule has 1 heterocycles. The van der Waals surface area contributed by atoms with Gasteiger partial charge in [-0.3, -0.25) is 9.59 Å². The monoisotopic (exact) mass is 456 g/mol. The Balaban J connectivity index is 1.76. The van der Waals surface area contributed by atoms with Gasteiger partial charge >= 0.3 is 0 Å². The number of hydrogen-bond donors (Lipinski definition) is 0. The highest BCUT2D eigenvalue weighted by Crippen LogP contribution is 2.43. The molecule has 176 valence electrons. The second-order valence-electron chi connectivity index (χ2n) is 8.77. The first-order chi connectivity index (χ1) is 16.5. The Morgan fingerprint density at radius 2 is 1.74 bits per heavy atom. The van der Waals surface area contributed by atoms with E-state index in [2.05, 4.69) is 13.8 Å². The van der Waals surface area contributed by atoms with Gasteiger partial charge < -0.3 is 14.5 Å². The largest absolute Gasteiger partial charge is 0.497 e. The molecule has 0 radical (unpaired) electrons. The van der Waals surface area contributed by atoms with Crippen molar-refractivity contribution in [1.82, 2.24) is 0 Å². The summed E-state index contributed by atoms with van der Waals surface area (Å²) in [6.07, 6.45) is 2.98. The van der Waals surface area contributed by atoms with E-state index in [0.29, 0.717) is 24.2 Å². The fraction of sp³-hybridized carbons (Fsp3) is 0.310. The van der Waals surface area contributed by atoms with Crippen LogP contribution in [0.4, 0.5) is 11.4 Å². The number of carbonyl (C=O) groups is 2. The van der Waals surface area contributed by atoms with Crippen molar-refractivity contribution in [2.24, 2.45) is 0 Å². The number of carbonyl (C=O) groups excluding carboxylic acids is 2. The molecule has 2 amide bonds. The number of anilines is 2. The fourth-order valence-corrected chi connectivity index (χ4v) is 4.77. The molecule has 0 unspecified atom stereocenters. The van der Waals surface area contributed by atoms with Crippen molar-refractivity contribution < 1.29 is 14.3 Å². The Hall–Kier alpha value is -3.60. The summed E-state index contributed by atoms with van der Waals surface area (Å²) < 4.78 is 5.33.